The number of aromatic amines is 1. The lowest BCUT2D eigenvalue weighted by Gasteiger charge is -2.22. The summed E-state index contributed by atoms with van der Waals surface area (Å²) in [6.45, 7) is 0.154. The number of aromatic nitrogens is 5. The van der Waals surface area contributed by atoms with Gasteiger partial charge in [0.25, 0.3) is 5.56 Å². The van der Waals surface area contributed by atoms with E-state index in [0.29, 0.717) is 5.65 Å². The van der Waals surface area contributed by atoms with Crippen LogP contribution in [0.25, 0.3) is 11.2 Å². The zero-order chi connectivity index (χ0) is 12.5. The van der Waals surface area contributed by atoms with Crippen molar-refractivity contribution in [2.45, 2.75) is 18.9 Å². The molecule has 94 valence electrons. The van der Waals surface area contributed by atoms with Gasteiger partial charge in [-0.25, -0.2) is 9.67 Å². The molecule has 7 nitrogen and oxygen atoms in total. The van der Waals surface area contributed by atoms with Gasteiger partial charge in [0, 0.05) is 6.61 Å². The van der Waals surface area contributed by atoms with Crippen molar-refractivity contribution >= 4 is 11.2 Å². The van der Waals surface area contributed by atoms with Crippen LogP contribution < -0.4 is 5.56 Å². The van der Waals surface area contributed by atoms with E-state index in [0.717, 1.165) is 12.8 Å². The predicted molar refractivity (Wildman–Crippen MR) is 63.9 cm³/mol. The van der Waals surface area contributed by atoms with Crippen molar-refractivity contribution in [2.75, 3.05) is 6.61 Å². The number of rotatable bonds is 2. The van der Waals surface area contributed by atoms with Crippen LogP contribution in [0.3, 0.4) is 0 Å². The Labute approximate surface area is 102 Å². The van der Waals surface area contributed by atoms with Gasteiger partial charge in [-0.05, 0) is 18.8 Å². The highest BCUT2D eigenvalue weighted by Gasteiger charge is 2.22. The Morgan fingerprint density at radius 2 is 2.44 bits per heavy atom. The topological polar surface area (TPSA) is 96.7 Å². The van der Waals surface area contributed by atoms with Crippen LogP contribution in [-0.4, -0.2) is 36.7 Å². The van der Waals surface area contributed by atoms with Gasteiger partial charge in [0.15, 0.2) is 11.2 Å². The summed E-state index contributed by atoms with van der Waals surface area (Å²) in [6, 6.07) is -0.00444. The molecule has 2 N–H and O–H groups in total. The van der Waals surface area contributed by atoms with E-state index in [1.807, 2.05) is 12.2 Å². The summed E-state index contributed by atoms with van der Waals surface area (Å²) < 4.78 is 1.64. The van der Waals surface area contributed by atoms with E-state index in [4.69, 9.17) is 0 Å². The second kappa shape index (κ2) is 4.34. The summed E-state index contributed by atoms with van der Waals surface area (Å²) >= 11 is 0. The van der Waals surface area contributed by atoms with Crippen LogP contribution in [0, 0.1) is 5.92 Å². The summed E-state index contributed by atoms with van der Waals surface area (Å²) in [5, 5.41) is 17.1. The maximum Gasteiger partial charge on any atom is 0.280 e. The molecule has 1 aliphatic rings. The smallest absolute Gasteiger partial charge is 0.280 e. The molecule has 18 heavy (non-hydrogen) atoms. The first kappa shape index (κ1) is 11.1. The Morgan fingerprint density at radius 1 is 1.56 bits per heavy atom. The molecule has 2 aromatic heterocycles. The lowest BCUT2D eigenvalue weighted by molar-refractivity contribution is 0.202. The van der Waals surface area contributed by atoms with E-state index in [9.17, 15) is 9.90 Å². The van der Waals surface area contributed by atoms with Gasteiger partial charge in [-0.15, -0.1) is 5.10 Å². The predicted octanol–water partition coefficient (Wildman–Crippen LogP) is 0.0142. The van der Waals surface area contributed by atoms with E-state index in [1.54, 1.807) is 4.68 Å². The molecule has 0 aromatic carbocycles. The number of allylic oxidation sites excluding steroid dienone is 2. The minimum absolute atomic E-state index is 0.00444. The normalized spacial score (nSPS) is 23.6. The molecule has 1 aliphatic carbocycles. The van der Waals surface area contributed by atoms with E-state index in [-0.39, 0.29) is 29.6 Å². The van der Waals surface area contributed by atoms with Gasteiger partial charge in [-0.3, -0.25) is 4.79 Å². The maximum atomic E-state index is 11.5. The molecule has 7 heteroatoms. The summed E-state index contributed by atoms with van der Waals surface area (Å²) in [5.74, 6) is 0.223. The number of H-pyrrole nitrogens is 1. The van der Waals surface area contributed by atoms with Gasteiger partial charge in [-0.1, -0.05) is 17.4 Å². The van der Waals surface area contributed by atoms with Gasteiger partial charge < -0.3 is 10.1 Å². The maximum absolute atomic E-state index is 11.5. The molecule has 3 rings (SSSR count). The van der Waals surface area contributed by atoms with Crippen LogP contribution in [0.4, 0.5) is 0 Å². The van der Waals surface area contributed by atoms with Gasteiger partial charge in [-0.2, -0.15) is 0 Å². The van der Waals surface area contributed by atoms with E-state index < -0.39 is 0 Å². The molecule has 0 aliphatic heterocycles. The van der Waals surface area contributed by atoms with E-state index in [2.05, 4.69) is 20.3 Å². The van der Waals surface area contributed by atoms with Gasteiger partial charge in [0.2, 0.25) is 0 Å². The van der Waals surface area contributed by atoms with Crippen molar-refractivity contribution in [3.05, 3.63) is 28.8 Å². The Morgan fingerprint density at radius 3 is 3.28 bits per heavy atom. The van der Waals surface area contributed by atoms with Crippen LogP contribution in [0.2, 0.25) is 0 Å². The summed E-state index contributed by atoms with van der Waals surface area (Å²) in [6.07, 6.45) is 7.03. The third-order valence-electron chi connectivity index (χ3n) is 3.24. The fourth-order valence-corrected chi connectivity index (χ4v) is 2.27. The third-order valence-corrected chi connectivity index (χ3v) is 3.24. The van der Waals surface area contributed by atoms with Crippen LogP contribution in [0.15, 0.2) is 23.3 Å². The molecule has 0 fully saturated rings. The molecule has 0 bridgehead atoms. The van der Waals surface area contributed by atoms with Crippen molar-refractivity contribution in [3.8, 4) is 0 Å². The number of aliphatic hydroxyl groups excluding tert-OH is 1. The van der Waals surface area contributed by atoms with Gasteiger partial charge >= 0.3 is 0 Å². The Bertz CT molecular complexity index is 644. The van der Waals surface area contributed by atoms with Crippen molar-refractivity contribution in [2.24, 2.45) is 5.92 Å². The minimum atomic E-state index is -0.287. The standard InChI is InChI=1S/C11H13N5O2/c17-5-7-2-1-3-8(4-7)16-10-9(14-15-16)11(18)13-6-12-10/h1,3,6-8,17H,2,4-5H2,(H,12,13,18)/t7-,8+/m1/s1. The molecule has 0 saturated carbocycles. The number of hydrogen-bond donors (Lipinski definition) is 2. The van der Waals surface area contributed by atoms with Crippen molar-refractivity contribution in [1.29, 1.82) is 0 Å². The zero-order valence-electron chi connectivity index (χ0n) is 9.65. The largest absolute Gasteiger partial charge is 0.396 e. The first-order valence-electron chi connectivity index (χ1n) is 5.85. The highest BCUT2D eigenvalue weighted by molar-refractivity contribution is 5.67. The first-order chi connectivity index (χ1) is 8.79. The van der Waals surface area contributed by atoms with Crippen LogP contribution in [-0.2, 0) is 0 Å². The van der Waals surface area contributed by atoms with Gasteiger partial charge in [0.1, 0.15) is 0 Å². The van der Waals surface area contributed by atoms with Crippen molar-refractivity contribution in [1.82, 2.24) is 25.0 Å². The van der Waals surface area contributed by atoms with Gasteiger partial charge in [0.05, 0.1) is 12.4 Å². The minimum Gasteiger partial charge on any atom is -0.396 e. The zero-order valence-corrected chi connectivity index (χ0v) is 9.65. The van der Waals surface area contributed by atoms with Crippen LogP contribution in [0.5, 0.6) is 0 Å². The lowest BCUT2D eigenvalue weighted by Crippen LogP contribution is -2.19. The third kappa shape index (κ3) is 1.72. The Kier molecular flexibility index (Phi) is 2.67. The monoisotopic (exact) mass is 247 g/mol. The second-order valence-corrected chi connectivity index (χ2v) is 4.45. The highest BCUT2D eigenvalue weighted by atomic mass is 16.3. The second-order valence-electron chi connectivity index (χ2n) is 4.45. The first-order valence-corrected chi connectivity index (χ1v) is 5.85. The number of fused-ring (bicyclic) bond motifs is 1. The Balaban J connectivity index is 2.05. The quantitative estimate of drug-likeness (QED) is 0.729. The fourth-order valence-electron chi connectivity index (χ4n) is 2.27. The van der Waals surface area contributed by atoms with Crippen molar-refractivity contribution < 1.29 is 5.11 Å². The molecule has 2 aromatic rings. The number of aliphatic hydroxyl groups is 1. The number of hydrogen-bond acceptors (Lipinski definition) is 5. The molecule has 0 spiro atoms. The lowest BCUT2D eigenvalue weighted by atomic mass is 9.92. The summed E-state index contributed by atoms with van der Waals surface area (Å²) in [7, 11) is 0. The fraction of sp³-hybridized carbons (Fsp3) is 0.455. The van der Waals surface area contributed by atoms with Crippen LogP contribution in [0.1, 0.15) is 18.9 Å². The average Bonchev–Trinajstić information content (AvgIpc) is 2.84. The Hall–Kier alpha value is -2.02. The SMILES string of the molecule is O=c1[nH]cnc2c1nnn2[C@H]1C=CC[C@@H](CO)C1. The molecule has 0 saturated heterocycles. The average molecular weight is 247 g/mol. The molecular formula is C11H13N5O2. The summed E-state index contributed by atoms with van der Waals surface area (Å²) in [4.78, 5) is 18.1. The number of nitrogens with one attached hydrogen (secondary N) is 1. The summed E-state index contributed by atoms with van der Waals surface area (Å²) in [5.41, 5.74) is 0.439. The van der Waals surface area contributed by atoms with Crippen molar-refractivity contribution in [3.63, 3.8) is 0 Å². The van der Waals surface area contributed by atoms with Crippen LogP contribution >= 0.6 is 0 Å². The molecule has 2 heterocycles. The molecule has 0 amide bonds. The molecular weight excluding hydrogens is 234 g/mol. The molecule has 2 atom stereocenters. The number of nitrogens with zero attached hydrogens (tertiary/aromatic N) is 4. The molecule has 0 radical (unpaired) electrons. The molecule has 0 unspecified atom stereocenters. The van der Waals surface area contributed by atoms with E-state index in [1.165, 1.54) is 6.33 Å². The van der Waals surface area contributed by atoms with E-state index >= 15 is 0 Å². The highest BCUT2D eigenvalue weighted by Crippen LogP contribution is 2.27.